The number of rotatable bonds is 5. The van der Waals surface area contributed by atoms with Crippen molar-refractivity contribution in [2.45, 2.75) is 4.90 Å². The van der Waals surface area contributed by atoms with Gasteiger partial charge in [-0.2, -0.15) is 8.42 Å². The lowest BCUT2D eigenvalue weighted by Crippen LogP contribution is -2.10. The van der Waals surface area contributed by atoms with E-state index in [4.69, 9.17) is 20.5 Å². The first-order valence-corrected chi connectivity index (χ1v) is 7.65. The van der Waals surface area contributed by atoms with Crippen LogP contribution in [0.15, 0.2) is 47.4 Å². The molecule has 0 aliphatic rings. The van der Waals surface area contributed by atoms with Gasteiger partial charge in [-0.15, -0.1) is 0 Å². The van der Waals surface area contributed by atoms with Crippen LogP contribution in [-0.4, -0.2) is 20.5 Å². The molecule has 0 aliphatic heterocycles. The quantitative estimate of drug-likeness (QED) is 0.470. The van der Waals surface area contributed by atoms with E-state index in [0.29, 0.717) is 0 Å². The van der Waals surface area contributed by atoms with E-state index in [1.807, 2.05) is 0 Å². The molecule has 22 heavy (non-hydrogen) atoms. The predicted molar refractivity (Wildman–Crippen MR) is 78.9 cm³/mol. The monoisotopic (exact) mass is 343 g/mol. The Bertz CT molecular complexity index is 821. The van der Waals surface area contributed by atoms with Crippen molar-refractivity contribution in [2.75, 3.05) is 7.11 Å². The van der Waals surface area contributed by atoms with Gasteiger partial charge in [0.2, 0.25) is 0 Å². The summed E-state index contributed by atoms with van der Waals surface area (Å²) >= 11 is 5.65. The van der Waals surface area contributed by atoms with Gasteiger partial charge in [0.15, 0.2) is 11.5 Å². The maximum Gasteiger partial charge on any atom is 0.339 e. The summed E-state index contributed by atoms with van der Waals surface area (Å²) in [5.74, 6) is 0.192. The SMILES string of the molecule is COc1ccccc1OS(=O)(=O)c1ccc(Cl)c([N+](=O)[O-])c1. The molecule has 0 unspecified atom stereocenters. The van der Waals surface area contributed by atoms with Gasteiger partial charge in [-0.3, -0.25) is 10.1 Å². The number of hydrogen-bond acceptors (Lipinski definition) is 6. The van der Waals surface area contributed by atoms with Crippen LogP contribution in [0.2, 0.25) is 5.02 Å². The van der Waals surface area contributed by atoms with Crippen molar-refractivity contribution in [1.29, 1.82) is 0 Å². The molecule has 0 aromatic heterocycles. The molecule has 0 atom stereocenters. The number of nitrogens with zero attached hydrogens (tertiary/aromatic N) is 1. The summed E-state index contributed by atoms with van der Waals surface area (Å²) in [7, 11) is -2.90. The molecule has 0 saturated heterocycles. The van der Waals surface area contributed by atoms with Gasteiger partial charge < -0.3 is 8.92 Å². The average molecular weight is 344 g/mol. The molecule has 0 aliphatic carbocycles. The van der Waals surface area contributed by atoms with Crippen molar-refractivity contribution in [3.63, 3.8) is 0 Å². The Balaban J connectivity index is 2.43. The van der Waals surface area contributed by atoms with Crippen molar-refractivity contribution in [2.24, 2.45) is 0 Å². The topological polar surface area (TPSA) is 95.7 Å². The van der Waals surface area contributed by atoms with E-state index in [0.717, 1.165) is 18.2 Å². The molecule has 0 fully saturated rings. The van der Waals surface area contributed by atoms with Crippen LogP contribution >= 0.6 is 11.6 Å². The number of methoxy groups -OCH3 is 1. The number of nitro benzene ring substituents is 1. The standard InChI is InChI=1S/C13H10ClNO6S/c1-20-12-4-2-3-5-13(12)21-22(18,19)9-6-7-10(14)11(8-9)15(16)17/h2-8H,1H3. The average Bonchev–Trinajstić information content (AvgIpc) is 2.47. The molecule has 9 heteroatoms. The smallest absolute Gasteiger partial charge is 0.339 e. The minimum absolute atomic E-state index is 0.0254. The van der Waals surface area contributed by atoms with Gasteiger partial charge >= 0.3 is 10.1 Å². The molecule has 0 radical (unpaired) electrons. The van der Waals surface area contributed by atoms with Gasteiger partial charge in [0.1, 0.15) is 9.92 Å². The third-order valence-corrected chi connectivity index (χ3v) is 4.22. The van der Waals surface area contributed by atoms with Crippen LogP contribution in [0.1, 0.15) is 0 Å². The largest absolute Gasteiger partial charge is 0.493 e. The molecule has 116 valence electrons. The minimum Gasteiger partial charge on any atom is -0.493 e. The maximum atomic E-state index is 12.2. The molecule has 2 aromatic carbocycles. The molecular formula is C13H10ClNO6S. The number of hydrogen-bond donors (Lipinski definition) is 0. The summed E-state index contributed by atoms with van der Waals surface area (Å²) < 4.78 is 34.4. The Kier molecular flexibility index (Phi) is 4.53. The molecule has 2 rings (SSSR count). The van der Waals surface area contributed by atoms with Gasteiger partial charge in [-0.1, -0.05) is 23.7 Å². The first-order chi connectivity index (χ1) is 10.3. The molecule has 2 aromatic rings. The molecule has 0 amide bonds. The third kappa shape index (κ3) is 3.29. The van der Waals surface area contributed by atoms with Crippen LogP contribution in [0.25, 0.3) is 0 Å². The van der Waals surface area contributed by atoms with Crippen LogP contribution < -0.4 is 8.92 Å². The van der Waals surface area contributed by atoms with Crippen LogP contribution in [0.4, 0.5) is 5.69 Å². The normalized spacial score (nSPS) is 11.0. The van der Waals surface area contributed by atoms with Gasteiger partial charge in [0.25, 0.3) is 5.69 Å². The van der Waals surface area contributed by atoms with Crippen molar-refractivity contribution < 1.29 is 22.3 Å². The Hall–Kier alpha value is -2.32. The maximum absolute atomic E-state index is 12.2. The molecular weight excluding hydrogens is 334 g/mol. The second-order valence-electron chi connectivity index (χ2n) is 4.06. The molecule has 7 nitrogen and oxygen atoms in total. The summed E-state index contributed by atoms with van der Waals surface area (Å²) in [5.41, 5.74) is -0.522. The van der Waals surface area contributed by atoms with Crippen LogP contribution in [-0.2, 0) is 10.1 Å². The highest BCUT2D eigenvalue weighted by Crippen LogP contribution is 2.31. The van der Waals surface area contributed by atoms with Crippen molar-refractivity contribution in [3.8, 4) is 11.5 Å². The van der Waals surface area contributed by atoms with E-state index in [9.17, 15) is 18.5 Å². The van der Waals surface area contributed by atoms with Gasteiger partial charge in [0.05, 0.1) is 12.0 Å². The highest BCUT2D eigenvalue weighted by Gasteiger charge is 2.23. The number of halogens is 1. The van der Waals surface area contributed by atoms with Crippen LogP contribution in [0, 0.1) is 10.1 Å². The fourth-order valence-electron chi connectivity index (χ4n) is 1.64. The van der Waals surface area contributed by atoms with Gasteiger partial charge in [0, 0.05) is 6.07 Å². The Labute approximate surface area is 131 Å². The molecule has 0 spiro atoms. The Morgan fingerprint density at radius 2 is 1.77 bits per heavy atom. The van der Waals surface area contributed by atoms with Crippen molar-refractivity contribution >= 4 is 27.4 Å². The van der Waals surface area contributed by atoms with Crippen LogP contribution in [0.5, 0.6) is 11.5 Å². The van der Waals surface area contributed by atoms with E-state index in [-0.39, 0.29) is 21.4 Å². The summed E-state index contributed by atoms with van der Waals surface area (Å²) in [6.45, 7) is 0. The third-order valence-electron chi connectivity index (χ3n) is 2.67. The summed E-state index contributed by atoms with van der Waals surface area (Å²) in [4.78, 5) is 9.67. The second kappa shape index (κ2) is 6.20. The predicted octanol–water partition coefficient (Wildman–Crippen LogP) is 3.02. The molecule has 0 heterocycles. The van der Waals surface area contributed by atoms with E-state index < -0.39 is 20.7 Å². The zero-order valence-electron chi connectivity index (χ0n) is 11.2. The van der Waals surface area contributed by atoms with Gasteiger partial charge in [-0.25, -0.2) is 0 Å². The van der Waals surface area contributed by atoms with Gasteiger partial charge in [-0.05, 0) is 24.3 Å². The second-order valence-corrected chi connectivity index (χ2v) is 6.01. The number of benzene rings is 2. The molecule has 0 N–H and O–H groups in total. The molecule has 0 bridgehead atoms. The van der Waals surface area contributed by atoms with Crippen LogP contribution in [0.3, 0.4) is 0 Å². The first kappa shape index (κ1) is 16.1. The first-order valence-electron chi connectivity index (χ1n) is 5.86. The fraction of sp³-hybridized carbons (Fsp3) is 0.0769. The summed E-state index contributed by atoms with van der Waals surface area (Å²) in [5, 5.41) is 10.7. The minimum atomic E-state index is -4.26. The lowest BCUT2D eigenvalue weighted by molar-refractivity contribution is -0.384. The number of para-hydroxylation sites is 2. The van der Waals surface area contributed by atoms with E-state index in [1.165, 1.54) is 19.2 Å². The van der Waals surface area contributed by atoms with E-state index >= 15 is 0 Å². The van der Waals surface area contributed by atoms with E-state index in [2.05, 4.69) is 0 Å². The Morgan fingerprint density at radius 1 is 1.14 bits per heavy atom. The van der Waals surface area contributed by atoms with E-state index in [1.54, 1.807) is 12.1 Å². The summed E-state index contributed by atoms with van der Waals surface area (Å²) in [6, 6.07) is 9.23. The number of nitro groups is 1. The fourth-order valence-corrected chi connectivity index (χ4v) is 2.79. The van der Waals surface area contributed by atoms with Crippen molar-refractivity contribution in [1.82, 2.24) is 0 Å². The lowest BCUT2D eigenvalue weighted by atomic mass is 10.3. The Morgan fingerprint density at radius 3 is 2.36 bits per heavy atom. The molecule has 0 saturated carbocycles. The van der Waals surface area contributed by atoms with Crippen molar-refractivity contribution in [3.05, 3.63) is 57.6 Å². The zero-order valence-corrected chi connectivity index (χ0v) is 12.8. The number of ether oxygens (including phenoxy) is 1. The summed E-state index contributed by atoms with van der Waals surface area (Å²) in [6.07, 6.45) is 0. The zero-order chi connectivity index (χ0) is 16.3. The highest BCUT2D eigenvalue weighted by atomic mass is 35.5. The lowest BCUT2D eigenvalue weighted by Gasteiger charge is -2.10. The highest BCUT2D eigenvalue weighted by molar-refractivity contribution is 7.87.